The zero-order valence-electron chi connectivity index (χ0n) is 17.8. The van der Waals surface area contributed by atoms with Crippen LogP contribution in [0.15, 0.2) is 41.3 Å². The molecule has 3 aromatic rings. The van der Waals surface area contributed by atoms with Gasteiger partial charge in [0.2, 0.25) is 15.9 Å². The van der Waals surface area contributed by atoms with Gasteiger partial charge in [-0.1, -0.05) is 34.4 Å². The maximum Gasteiger partial charge on any atom is 0.322 e. The Labute approximate surface area is 201 Å². The molecule has 2 aromatic carbocycles. The van der Waals surface area contributed by atoms with Gasteiger partial charge in [0, 0.05) is 24.7 Å². The predicted molar refractivity (Wildman–Crippen MR) is 124 cm³/mol. The molecule has 0 bridgehead atoms. The SMILES string of the molecule is CCn1c(Oc2ccc3c(c2)NC(=O)CC3)nnc1[C@@H](C)NS(=O)(=O)c1ccc(Cl)c(Cl)c1. The third-order valence-electron chi connectivity index (χ3n) is 5.17. The fourth-order valence-corrected chi connectivity index (χ4v) is 5.10. The number of sulfonamides is 1. The molecular weight excluding hydrogens is 489 g/mol. The van der Waals surface area contributed by atoms with Crippen LogP contribution in [0.3, 0.4) is 0 Å². The largest absolute Gasteiger partial charge is 0.424 e. The minimum Gasteiger partial charge on any atom is -0.424 e. The Morgan fingerprint density at radius 3 is 2.67 bits per heavy atom. The second kappa shape index (κ2) is 9.30. The Hall–Kier alpha value is -2.66. The van der Waals surface area contributed by atoms with E-state index in [0.717, 1.165) is 5.56 Å². The fourth-order valence-electron chi connectivity index (χ4n) is 3.51. The molecule has 1 aliphatic rings. The molecule has 1 amide bonds. The molecule has 1 aliphatic heterocycles. The number of hydrogen-bond acceptors (Lipinski definition) is 6. The van der Waals surface area contributed by atoms with E-state index in [1.165, 1.54) is 18.2 Å². The molecule has 12 heteroatoms. The van der Waals surface area contributed by atoms with Crippen molar-refractivity contribution < 1.29 is 17.9 Å². The van der Waals surface area contributed by atoms with Gasteiger partial charge in [0.05, 0.1) is 21.0 Å². The number of halogens is 2. The maximum absolute atomic E-state index is 12.8. The van der Waals surface area contributed by atoms with Crippen LogP contribution in [0.1, 0.15) is 37.7 Å². The summed E-state index contributed by atoms with van der Waals surface area (Å²) in [6.07, 6.45) is 1.13. The highest BCUT2D eigenvalue weighted by molar-refractivity contribution is 7.89. The van der Waals surface area contributed by atoms with E-state index >= 15 is 0 Å². The molecule has 1 atom stereocenters. The van der Waals surface area contributed by atoms with Crippen LogP contribution < -0.4 is 14.8 Å². The first kappa shape index (κ1) is 23.5. The van der Waals surface area contributed by atoms with Crippen LogP contribution >= 0.6 is 23.2 Å². The van der Waals surface area contributed by atoms with Crippen molar-refractivity contribution in [3.05, 3.63) is 57.8 Å². The summed E-state index contributed by atoms with van der Waals surface area (Å²) >= 11 is 11.8. The number of anilines is 1. The van der Waals surface area contributed by atoms with Crippen LogP contribution in [0.5, 0.6) is 11.8 Å². The van der Waals surface area contributed by atoms with Crippen LogP contribution in [0.2, 0.25) is 10.0 Å². The Bertz CT molecular complexity index is 1330. The van der Waals surface area contributed by atoms with E-state index in [-0.39, 0.29) is 26.9 Å². The lowest BCUT2D eigenvalue weighted by atomic mass is 10.0. The minimum absolute atomic E-state index is 0.0149. The Balaban J connectivity index is 1.55. The van der Waals surface area contributed by atoms with Gasteiger partial charge in [0.1, 0.15) is 5.75 Å². The summed E-state index contributed by atoms with van der Waals surface area (Å²) in [7, 11) is -3.89. The van der Waals surface area contributed by atoms with Crippen LogP contribution in [0, 0.1) is 0 Å². The number of nitrogens with one attached hydrogen (secondary N) is 2. The van der Waals surface area contributed by atoms with E-state index in [1.54, 1.807) is 23.6 Å². The van der Waals surface area contributed by atoms with Gasteiger partial charge in [-0.2, -0.15) is 0 Å². The minimum atomic E-state index is -3.89. The monoisotopic (exact) mass is 509 g/mol. The number of aromatic nitrogens is 3. The first-order valence-electron chi connectivity index (χ1n) is 10.2. The Morgan fingerprint density at radius 1 is 1.15 bits per heavy atom. The molecule has 0 saturated heterocycles. The van der Waals surface area contributed by atoms with Crippen molar-refractivity contribution >= 4 is 44.8 Å². The smallest absolute Gasteiger partial charge is 0.322 e. The van der Waals surface area contributed by atoms with Crippen molar-refractivity contribution in [3.8, 4) is 11.8 Å². The van der Waals surface area contributed by atoms with Gasteiger partial charge in [0.15, 0.2) is 5.82 Å². The summed E-state index contributed by atoms with van der Waals surface area (Å²) in [6, 6.07) is 8.99. The average Bonchev–Trinajstić information content (AvgIpc) is 3.17. The molecule has 2 N–H and O–H groups in total. The van der Waals surface area contributed by atoms with Crippen molar-refractivity contribution in [2.45, 2.75) is 44.2 Å². The van der Waals surface area contributed by atoms with Crippen molar-refractivity contribution in [2.24, 2.45) is 0 Å². The number of ether oxygens (including phenoxy) is 1. The van der Waals surface area contributed by atoms with Gasteiger partial charge in [0.25, 0.3) is 0 Å². The van der Waals surface area contributed by atoms with E-state index in [1.807, 2.05) is 13.0 Å². The first-order chi connectivity index (χ1) is 15.7. The lowest BCUT2D eigenvalue weighted by molar-refractivity contribution is -0.116. The average molecular weight is 510 g/mol. The molecule has 1 aromatic heterocycles. The molecular formula is C21H21Cl2N5O4S. The van der Waals surface area contributed by atoms with Crippen LogP contribution in [0.25, 0.3) is 0 Å². The Morgan fingerprint density at radius 2 is 1.94 bits per heavy atom. The van der Waals surface area contributed by atoms with Gasteiger partial charge in [-0.3, -0.25) is 9.36 Å². The lowest BCUT2D eigenvalue weighted by Gasteiger charge is -2.18. The van der Waals surface area contributed by atoms with Crippen LogP contribution in [-0.2, 0) is 27.8 Å². The molecule has 0 radical (unpaired) electrons. The Kier molecular flexibility index (Phi) is 6.62. The van der Waals surface area contributed by atoms with E-state index in [9.17, 15) is 13.2 Å². The second-order valence-corrected chi connectivity index (χ2v) is 10.0. The quantitative estimate of drug-likeness (QED) is 0.489. The van der Waals surface area contributed by atoms with Crippen LogP contribution in [-0.4, -0.2) is 29.1 Å². The van der Waals surface area contributed by atoms with E-state index < -0.39 is 16.1 Å². The number of fused-ring (bicyclic) bond motifs is 1. The highest BCUT2D eigenvalue weighted by Gasteiger charge is 2.25. The number of nitrogens with zero attached hydrogens (tertiary/aromatic N) is 3. The molecule has 0 unspecified atom stereocenters. The third-order valence-corrected chi connectivity index (χ3v) is 7.45. The fraction of sp³-hybridized carbons (Fsp3) is 0.286. The van der Waals surface area contributed by atoms with Gasteiger partial charge in [-0.25, -0.2) is 13.1 Å². The summed E-state index contributed by atoms with van der Waals surface area (Å²) in [6.45, 7) is 3.97. The molecule has 2 heterocycles. The molecule has 0 spiro atoms. The molecule has 4 rings (SSSR count). The maximum atomic E-state index is 12.8. The van der Waals surface area contributed by atoms with E-state index in [0.29, 0.717) is 36.6 Å². The van der Waals surface area contributed by atoms with E-state index in [4.69, 9.17) is 27.9 Å². The van der Waals surface area contributed by atoms with Gasteiger partial charge >= 0.3 is 6.01 Å². The highest BCUT2D eigenvalue weighted by Crippen LogP contribution is 2.31. The number of hydrogen-bond donors (Lipinski definition) is 2. The topological polar surface area (TPSA) is 115 Å². The standard InChI is InChI=1S/C21H21Cl2N5O4S/c1-3-28-20(12(2)27-33(30,31)15-7-8-16(22)17(23)11-15)25-26-21(28)32-14-6-4-13-5-9-19(29)24-18(13)10-14/h4,6-8,10-12,27H,3,5,9H2,1-2H3,(H,24,29)/t12-/m1/s1. The summed E-state index contributed by atoms with van der Waals surface area (Å²) in [5.74, 6) is 0.817. The second-order valence-electron chi connectivity index (χ2n) is 7.47. The lowest BCUT2D eigenvalue weighted by Crippen LogP contribution is -2.29. The van der Waals surface area contributed by atoms with Gasteiger partial charge < -0.3 is 10.1 Å². The van der Waals surface area contributed by atoms with Crippen molar-refractivity contribution in [2.75, 3.05) is 5.32 Å². The van der Waals surface area contributed by atoms with Crippen molar-refractivity contribution in [1.82, 2.24) is 19.5 Å². The summed E-state index contributed by atoms with van der Waals surface area (Å²) in [4.78, 5) is 11.7. The number of aryl methyl sites for hydroxylation is 1. The zero-order chi connectivity index (χ0) is 23.8. The molecule has 174 valence electrons. The van der Waals surface area contributed by atoms with Gasteiger partial charge in [-0.15, -0.1) is 5.10 Å². The van der Waals surface area contributed by atoms with Crippen LogP contribution in [0.4, 0.5) is 5.69 Å². The normalized spacial score (nSPS) is 14.5. The number of rotatable bonds is 7. The first-order valence-corrected chi connectivity index (χ1v) is 12.4. The summed E-state index contributed by atoms with van der Waals surface area (Å²) in [5, 5.41) is 11.5. The molecule has 0 saturated carbocycles. The number of carbonyl (C=O) groups is 1. The predicted octanol–water partition coefficient (Wildman–Crippen LogP) is 4.32. The summed E-state index contributed by atoms with van der Waals surface area (Å²) < 4.78 is 35.8. The summed E-state index contributed by atoms with van der Waals surface area (Å²) in [5.41, 5.74) is 1.74. The van der Waals surface area contributed by atoms with Gasteiger partial charge in [-0.05, 0) is 50.1 Å². The third kappa shape index (κ3) is 4.98. The number of amides is 1. The highest BCUT2D eigenvalue weighted by atomic mass is 35.5. The molecule has 0 fully saturated rings. The molecule has 33 heavy (non-hydrogen) atoms. The molecule has 0 aliphatic carbocycles. The molecule has 9 nitrogen and oxygen atoms in total. The zero-order valence-corrected chi connectivity index (χ0v) is 20.1. The van der Waals surface area contributed by atoms with Crippen molar-refractivity contribution in [1.29, 1.82) is 0 Å². The van der Waals surface area contributed by atoms with Crippen molar-refractivity contribution in [3.63, 3.8) is 0 Å². The number of carbonyl (C=O) groups excluding carboxylic acids is 1. The van der Waals surface area contributed by atoms with E-state index in [2.05, 4.69) is 20.2 Å². The number of benzene rings is 2.